The van der Waals surface area contributed by atoms with Crippen LogP contribution in [0.4, 0.5) is 0 Å². The Bertz CT molecular complexity index is 1350. The normalized spacial score (nSPS) is 11.9. The maximum atomic E-state index is 13.6. The summed E-state index contributed by atoms with van der Waals surface area (Å²) in [6, 6.07) is 0. The van der Waals surface area contributed by atoms with Gasteiger partial charge in [0.05, 0.1) is 66.1 Å². The Morgan fingerprint density at radius 3 is 1.28 bits per heavy atom. The number of hydrogen-bond donors (Lipinski definition) is 6. The Hall–Kier alpha value is -4.06. The minimum atomic E-state index is -3.49. The van der Waals surface area contributed by atoms with Crippen LogP contribution in [-0.2, 0) is 61.5 Å². The smallest absolute Gasteiger partial charge is 0.327 e. The molecule has 0 spiro atoms. The molecule has 5 amide bonds. The summed E-state index contributed by atoms with van der Waals surface area (Å²) in [7, 11) is -3.49. The van der Waals surface area contributed by atoms with E-state index in [2.05, 4.69) is 44.3 Å². The Kier molecular flexibility index (Phi) is 39.0. The molecule has 0 aliphatic carbocycles. The van der Waals surface area contributed by atoms with Gasteiger partial charge in [-0.05, 0) is 38.5 Å². The number of rotatable bonds is 44. The molecule has 0 aromatic heterocycles. The summed E-state index contributed by atoms with van der Waals surface area (Å²) in [4.78, 5) is 74.7. The lowest BCUT2D eigenvalue weighted by molar-refractivity contribution is -0.128. The van der Waals surface area contributed by atoms with E-state index < -0.39 is 19.0 Å². The van der Waals surface area contributed by atoms with Crippen molar-refractivity contribution >= 4 is 37.1 Å². The second kappa shape index (κ2) is 41.6. The first kappa shape index (κ1) is 59.9. The van der Waals surface area contributed by atoms with Crippen LogP contribution in [0.1, 0.15) is 90.4 Å². The molecule has 0 saturated carbocycles. The van der Waals surface area contributed by atoms with Crippen LogP contribution < -0.4 is 26.6 Å². The van der Waals surface area contributed by atoms with Crippen molar-refractivity contribution in [3.63, 3.8) is 0 Å². The fourth-order valence-electron chi connectivity index (χ4n) is 5.69. The van der Waals surface area contributed by atoms with Crippen molar-refractivity contribution in [2.45, 2.75) is 95.9 Å². The summed E-state index contributed by atoms with van der Waals surface area (Å²) in [6.45, 7) is 5.95. The molecule has 0 rings (SSSR count). The molecule has 0 aliphatic heterocycles. The van der Waals surface area contributed by atoms with Gasteiger partial charge >= 0.3 is 7.60 Å². The van der Waals surface area contributed by atoms with E-state index in [-0.39, 0.29) is 153 Å². The van der Waals surface area contributed by atoms with Gasteiger partial charge in [0.15, 0.2) is 0 Å². The molecule has 0 heterocycles. The van der Waals surface area contributed by atoms with E-state index in [1.54, 1.807) is 6.92 Å². The minimum absolute atomic E-state index is 0.0145. The van der Waals surface area contributed by atoms with E-state index in [4.69, 9.17) is 52.2 Å². The summed E-state index contributed by atoms with van der Waals surface area (Å²) < 4.78 is 48.5. The lowest BCUT2D eigenvalue weighted by Gasteiger charge is -2.35. The van der Waals surface area contributed by atoms with E-state index in [1.807, 2.05) is 0 Å². The number of carbonyl (C=O) groups excluding carboxylic acids is 5. The average molecular weight is 928 g/mol. The van der Waals surface area contributed by atoms with Gasteiger partial charge in [-0.3, -0.25) is 28.5 Å². The first-order valence-corrected chi connectivity index (χ1v) is 23.8. The quantitative estimate of drug-likeness (QED) is 0.0289. The molecule has 19 nitrogen and oxygen atoms in total. The highest BCUT2D eigenvalue weighted by molar-refractivity contribution is 7.52. The van der Waals surface area contributed by atoms with Crippen LogP contribution in [0, 0.1) is 37.0 Å². The lowest BCUT2D eigenvalue weighted by atomic mass is 9.82. The van der Waals surface area contributed by atoms with Crippen molar-refractivity contribution in [2.75, 3.05) is 118 Å². The van der Waals surface area contributed by atoms with Crippen molar-refractivity contribution in [2.24, 2.45) is 0 Å². The second-order valence-corrected chi connectivity index (χ2v) is 16.6. The Labute approximate surface area is 380 Å². The van der Waals surface area contributed by atoms with Gasteiger partial charge in [-0.15, -0.1) is 19.3 Å². The molecule has 0 saturated heterocycles. The predicted octanol–water partition coefficient (Wildman–Crippen LogP) is 1.60. The van der Waals surface area contributed by atoms with Crippen molar-refractivity contribution < 1.29 is 66.4 Å². The second-order valence-electron chi connectivity index (χ2n) is 14.4. The zero-order valence-electron chi connectivity index (χ0n) is 37.9. The number of ether oxygens (including phenoxy) is 6. The number of nitrogens with one attached hydrogen (secondary N) is 5. The van der Waals surface area contributed by atoms with E-state index >= 15 is 0 Å². The number of unbranched alkanes of at least 4 members (excludes halogenated alkanes) is 3. The SMILES string of the molecule is C#CCOCCOCCNC(=O)CCC(CCC(=O)NCCOCCOCC#C)(CCC(=O)NCCOCCOCC#C)NC(=O)CCCC(=O)NCCCCCCOP(=O)(O)CC. The molecule has 0 aromatic carbocycles. The average Bonchev–Trinajstić information content (AvgIpc) is 3.27. The Morgan fingerprint density at radius 1 is 0.484 bits per heavy atom. The van der Waals surface area contributed by atoms with Crippen LogP contribution in [-0.4, -0.2) is 158 Å². The fourth-order valence-corrected chi connectivity index (χ4v) is 6.29. The summed E-state index contributed by atoms with van der Waals surface area (Å²) in [6.07, 6.45) is 19.0. The first-order valence-electron chi connectivity index (χ1n) is 22.0. The summed E-state index contributed by atoms with van der Waals surface area (Å²) in [5.74, 6) is 5.54. The van der Waals surface area contributed by atoms with Gasteiger partial charge < -0.3 is 64.4 Å². The number of carbonyl (C=O) groups is 5. The molecule has 1 unspecified atom stereocenters. The minimum Gasteiger partial charge on any atom is -0.377 e. The van der Waals surface area contributed by atoms with Crippen molar-refractivity contribution in [3.05, 3.63) is 0 Å². The first-order chi connectivity index (χ1) is 30.9. The van der Waals surface area contributed by atoms with E-state index in [0.717, 1.165) is 12.8 Å². The number of terminal acetylenes is 3. The van der Waals surface area contributed by atoms with Crippen LogP contribution in [0.15, 0.2) is 0 Å². The molecule has 64 heavy (non-hydrogen) atoms. The monoisotopic (exact) mass is 927 g/mol. The van der Waals surface area contributed by atoms with Gasteiger partial charge in [-0.25, -0.2) is 0 Å². The van der Waals surface area contributed by atoms with Crippen molar-refractivity contribution in [1.29, 1.82) is 0 Å². The molecule has 1 atom stereocenters. The summed E-state index contributed by atoms with van der Waals surface area (Å²) in [5.41, 5.74) is -1.15. The largest absolute Gasteiger partial charge is 0.377 e. The molecular weight excluding hydrogens is 853 g/mol. The standard InChI is InChI=1S/C44H74N5O14P/c1-5-26-57-33-36-60-30-23-46-40(51)16-19-44(20-17-41(52)47-24-31-61-37-34-58-27-6-2,21-18-42(53)48-25-32-62-38-35-59-28-7-3)49-43(54)15-13-14-39(50)45-22-11-9-10-12-29-63-64(55,56)8-4/h1-3H,8-38H2,4H3,(H,45,50)(H,46,51)(H,47,52)(H,48,53)(H,49,54)(H,55,56). The molecule has 6 N–H and O–H groups in total. The molecule has 0 aliphatic rings. The molecule has 0 radical (unpaired) electrons. The van der Waals surface area contributed by atoms with E-state index in [0.29, 0.717) is 59.0 Å². The Balaban J connectivity index is 5.55. The molecule has 20 heteroatoms. The van der Waals surface area contributed by atoms with Crippen LogP contribution in [0.25, 0.3) is 0 Å². The van der Waals surface area contributed by atoms with Crippen LogP contribution in [0.5, 0.6) is 0 Å². The lowest BCUT2D eigenvalue weighted by Crippen LogP contribution is -2.50. The predicted molar refractivity (Wildman–Crippen MR) is 241 cm³/mol. The Morgan fingerprint density at radius 2 is 0.859 bits per heavy atom. The van der Waals surface area contributed by atoms with Gasteiger partial charge in [0.2, 0.25) is 29.5 Å². The highest BCUT2D eigenvalue weighted by Gasteiger charge is 2.33. The van der Waals surface area contributed by atoms with Gasteiger partial charge in [-0.1, -0.05) is 37.5 Å². The van der Waals surface area contributed by atoms with E-state index in [1.165, 1.54) is 0 Å². The highest BCUT2D eigenvalue weighted by Crippen LogP contribution is 2.41. The topological polar surface area (TPSA) is 247 Å². The third-order valence-corrected chi connectivity index (χ3v) is 10.6. The zero-order chi connectivity index (χ0) is 47.4. The van der Waals surface area contributed by atoms with Crippen LogP contribution >= 0.6 is 7.60 Å². The zero-order valence-corrected chi connectivity index (χ0v) is 38.7. The van der Waals surface area contributed by atoms with Gasteiger partial charge in [-0.2, -0.15) is 0 Å². The molecule has 0 fully saturated rings. The van der Waals surface area contributed by atoms with Crippen molar-refractivity contribution in [1.82, 2.24) is 26.6 Å². The van der Waals surface area contributed by atoms with Gasteiger partial charge in [0.25, 0.3) is 0 Å². The summed E-state index contributed by atoms with van der Waals surface area (Å²) in [5, 5.41) is 14.3. The maximum absolute atomic E-state index is 13.6. The third-order valence-electron chi connectivity index (χ3n) is 9.17. The number of hydrogen-bond acceptors (Lipinski definition) is 13. The third kappa shape index (κ3) is 38.4. The highest BCUT2D eigenvalue weighted by atomic mass is 31.2. The van der Waals surface area contributed by atoms with Crippen LogP contribution in [0.3, 0.4) is 0 Å². The summed E-state index contributed by atoms with van der Waals surface area (Å²) >= 11 is 0. The van der Waals surface area contributed by atoms with Crippen molar-refractivity contribution in [3.8, 4) is 37.0 Å². The molecular formula is C44H74N5O14P. The number of amides is 5. The van der Waals surface area contributed by atoms with Gasteiger partial charge in [0.1, 0.15) is 19.8 Å². The molecule has 0 aromatic rings. The fraction of sp³-hybridized carbons (Fsp3) is 0.750. The van der Waals surface area contributed by atoms with Crippen LogP contribution in [0.2, 0.25) is 0 Å². The van der Waals surface area contributed by atoms with E-state index in [9.17, 15) is 33.4 Å². The van der Waals surface area contributed by atoms with Gasteiger partial charge in [0, 0.05) is 70.0 Å². The molecule has 364 valence electrons. The molecule has 0 bridgehead atoms. The maximum Gasteiger partial charge on any atom is 0.327 e.